The molecule has 0 fully saturated rings. The standard InChI is InChI=1S/C27H36OS/c1-4-5-6-7-8-12-19-28-26-21-23(20-22(2)3)15-16-24(26)17-18-27(29)25-13-10-9-11-14-25/h9-11,13-18,21-22H,4-8,12,19-20H2,1-3H3. The average molecular weight is 409 g/mol. The molecule has 0 aromatic heterocycles. The van der Waals surface area contributed by atoms with Crippen LogP contribution in [0.3, 0.4) is 0 Å². The van der Waals surface area contributed by atoms with Crippen molar-refractivity contribution in [3.8, 4) is 5.75 Å². The maximum Gasteiger partial charge on any atom is 0.126 e. The van der Waals surface area contributed by atoms with Gasteiger partial charge in [-0.15, -0.1) is 0 Å². The third-order valence-electron chi connectivity index (χ3n) is 4.95. The minimum absolute atomic E-state index is 0.633. The van der Waals surface area contributed by atoms with Crippen LogP contribution in [0.1, 0.15) is 76.0 Å². The predicted molar refractivity (Wildman–Crippen MR) is 131 cm³/mol. The Bertz CT molecular complexity index is 761. The van der Waals surface area contributed by atoms with Crippen molar-refractivity contribution in [3.63, 3.8) is 0 Å². The molecule has 1 nitrogen and oxygen atoms in total. The fourth-order valence-electron chi connectivity index (χ4n) is 3.37. The second-order valence-corrected chi connectivity index (χ2v) is 8.59. The Hall–Kier alpha value is -1.93. The molecule has 0 aliphatic carbocycles. The molecular formula is C27H36OS. The molecule has 0 saturated carbocycles. The van der Waals surface area contributed by atoms with Gasteiger partial charge in [-0.05, 0) is 48.1 Å². The predicted octanol–water partition coefficient (Wildman–Crippen LogP) is 8.06. The molecule has 0 atom stereocenters. The van der Waals surface area contributed by atoms with Gasteiger partial charge in [0.05, 0.1) is 6.61 Å². The summed E-state index contributed by atoms with van der Waals surface area (Å²) in [7, 11) is 0. The third kappa shape index (κ3) is 8.95. The summed E-state index contributed by atoms with van der Waals surface area (Å²) in [5, 5.41) is 0. The highest BCUT2D eigenvalue weighted by Gasteiger charge is 2.06. The van der Waals surface area contributed by atoms with Gasteiger partial charge in [0.2, 0.25) is 0 Å². The molecule has 2 rings (SSSR count). The number of hydrogen-bond acceptors (Lipinski definition) is 2. The highest BCUT2D eigenvalue weighted by molar-refractivity contribution is 7.81. The van der Waals surface area contributed by atoms with Crippen molar-refractivity contribution in [3.05, 3.63) is 71.3 Å². The Balaban J connectivity index is 2.03. The summed E-state index contributed by atoms with van der Waals surface area (Å²) < 4.78 is 6.21. The number of unbranched alkanes of at least 4 members (excludes halogenated alkanes) is 5. The second-order valence-electron chi connectivity index (χ2n) is 8.15. The monoisotopic (exact) mass is 408 g/mol. The van der Waals surface area contributed by atoms with Crippen molar-refractivity contribution >= 4 is 23.2 Å². The highest BCUT2D eigenvalue weighted by Crippen LogP contribution is 2.24. The Morgan fingerprint density at radius 2 is 1.69 bits per heavy atom. The lowest BCUT2D eigenvalue weighted by molar-refractivity contribution is 0.303. The summed E-state index contributed by atoms with van der Waals surface area (Å²) in [4.78, 5) is 0.846. The Morgan fingerprint density at radius 3 is 2.41 bits per heavy atom. The molecule has 0 heterocycles. The Morgan fingerprint density at radius 1 is 0.966 bits per heavy atom. The van der Waals surface area contributed by atoms with Crippen molar-refractivity contribution in [1.29, 1.82) is 0 Å². The van der Waals surface area contributed by atoms with Crippen molar-refractivity contribution in [2.75, 3.05) is 6.61 Å². The number of hydrogen-bond donors (Lipinski definition) is 0. The van der Waals surface area contributed by atoms with Gasteiger partial charge in [-0.2, -0.15) is 0 Å². The largest absolute Gasteiger partial charge is 0.493 e. The van der Waals surface area contributed by atoms with E-state index in [1.54, 1.807) is 0 Å². The number of thiocarbonyl (C=S) groups is 1. The van der Waals surface area contributed by atoms with Crippen LogP contribution in [0.2, 0.25) is 0 Å². The summed E-state index contributed by atoms with van der Waals surface area (Å²) >= 11 is 5.57. The van der Waals surface area contributed by atoms with Crippen LogP contribution in [-0.2, 0) is 6.42 Å². The van der Waals surface area contributed by atoms with Gasteiger partial charge in [0.1, 0.15) is 5.75 Å². The zero-order valence-electron chi connectivity index (χ0n) is 18.3. The minimum atomic E-state index is 0.633. The number of rotatable bonds is 13. The highest BCUT2D eigenvalue weighted by atomic mass is 32.1. The minimum Gasteiger partial charge on any atom is -0.493 e. The molecule has 0 bridgehead atoms. The van der Waals surface area contributed by atoms with E-state index in [2.05, 4.69) is 45.0 Å². The maximum atomic E-state index is 6.21. The van der Waals surface area contributed by atoms with Gasteiger partial charge >= 0.3 is 0 Å². The molecule has 2 aromatic rings. The fraction of sp³-hybridized carbons (Fsp3) is 0.444. The van der Waals surface area contributed by atoms with Crippen LogP contribution in [0.5, 0.6) is 5.75 Å². The van der Waals surface area contributed by atoms with E-state index in [1.165, 1.54) is 37.7 Å². The Labute approximate surface area is 183 Å². The lowest BCUT2D eigenvalue weighted by Gasteiger charge is -2.13. The molecule has 0 aliphatic heterocycles. The first-order valence-corrected chi connectivity index (χ1v) is 11.5. The molecule has 29 heavy (non-hydrogen) atoms. The van der Waals surface area contributed by atoms with Crippen LogP contribution in [-0.4, -0.2) is 11.5 Å². The lowest BCUT2D eigenvalue weighted by Crippen LogP contribution is -2.01. The zero-order valence-corrected chi connectivity index (χ0v) is 19.1. The summed E-state index contributed by atoms with van der Waals surface area (Å²) in [5.41, 5.74) is 3.51. The van der Waals surface area contributed by atoms with Gasteiger partial charge in [0.25, 0.3) is 0 Å². The average Bonchev–Trinajstić information content (AvgIpc) is 2.72. The molecular weight excluding hydrogens is 372 g/mol. The molecule has 0 radical (unpaired) electrons. The molecule has 0 aliphatic rings. The number of ether oxygens (including phenoxy) is 1. The topological polar surface area (TPSA) is 9.23 Å². The van der Waals surface area contributed by atoms with E-state index in [4.69, 9.17) is 17.0 Å². The van der Waals surface area contributed by atoms with Crippen LogP contribution in [0, 0.1) is 5.92 Å². The first kappa shape index (κ1) is 23.3. The van der Waals surface area contributed by atoms with Gasteiger partial charge in [0.15, 0.2) is 0 Å². The zero-order chi connectivity index (χ0) is 20.9. The van der Waals surface area contributed by atoms with Crippen LogP contribution in [0.4, 0.5) is 0 Å². The van der Waals surface area contributed by atoms with Gasteiger partial charge in [-0.25, -0.2) is 0 Å². The molecule has 0 amide bonds. The third-order valence-corrected chi connectivity index (χ3v) is 5.32. The molecule has 2 heteroatoms. The van der Waals surface area contributed by atoms with E-state index in [0.717, 1.165) is 41.2 Å². The summed E-state index contributed by atoms with van der Waals surface area (Å²) in [6.07, 6.45) is 12.8. The van der Waals surface area contributed by atoms with Gasteiger partial charge in [-0.1, -0.05) is 108 Å². The van der Waals surface area contributed by atoms with E-state index >= 15 is 0 Å². The van der Waals surface area contributed by atoms with Gasteiger partial charge < -0.3 is 4.74 Å². The Kier molecular flexibility index (Phi) is 10.7. The summed E-state index contributed by atoms with van der Waals surface area (Å²) in [5.74, 6) is 1.61. The van der Waals surface area contributed by atoms with E-state index < -0.39 is 0 Å². The van der Waals surface area contributed by atoms with Crippen molar-refractivity contribution in [2.24, 2.45) is 5.92 Å². The molecule has 2 aromatic carbocycles. The number of allylic oxidation sites excluding steroid dienone is 1. The SMILES string of the molecule is CCCCCCCCOc1cc(CC(C)C)ccc1C=CC(=S)c1ccccc1. The van der Waals surface area contributed by atoms with Crippen LogP contribution < -0.4 is 4.74 Å². The molecule has 156 valence electrons. The molecule has 0 saturated heterocycles. The number of benzene rings is 2. The summed E-state index contributed by atoms with van der Waals surface area (Å²) in [6.45, 7) is 7.54. The van der Waals surface area contributed by atoms with Crippen molar-refractivity contribution in [1.82, 2.24) is 0 Å². The lowest BCUT2D eigenvalue weighted by atomic mass is 10.0. The quantitative estimate of drug-likeness (QED) is 0.143. The smallest absolute Gasteiger partial charge is 0.126 e. The summed E-state index contributed by atoms with van der Waals surface area (Å²) in [6, 6.07) is 16.7. The fourth-order valence-corrected chi connectivity index (χ4v) is 3.57. The van der Waals surface area contributed by atoms with E-state index in [9.17, 15) is 0 Å². The van der Waals surface area contributed by atoms with E-state index in [-0.39, 0.29) is 0 Å². The second kappa shape index (κ2) is 13.3. The molecule has 0 N–H and O–H groups in total. The van der Waals surface area contributed by atoms with Crippen LogP contribution >= 0.6 is 12.2 Å². The molecule has 0 unspecified atom stereocenters. The van der Waals surface area contributed by atoms with Crippen molar-refractivity contribution in [2.45, 2.75) is 65.7 Å². The first-order chi connectivity index (χ1) is 14.1. The van der Waals surface area contributed by atoms with Crippen LogP contribution in [0.25, 0.3) is 6.08 Å². The van der Waals surface area contributed by atoms with Gasteiger partial charge in [0, 0.05) is 10.4 Å². The van der Waals surface area contributed by atoms with Gasteiger partial charge in [-0.3, -0.25) is 0 Å². The van der Waals surface area contributed by atoms with E-state index in [0.29, 0.717) is 5.92 Å². The van der Waals surface area contributed by atoms with E-state index in [1.807, 2.05) is 36.4 Å². The first-order valence-electron chi connectivity index (χ1n) is 11.1. The van der Waals surface area contributed by atoms with Crippen LogP contribution in [0.15, 0.2) is 54.6 Å². The normalized spacial score (nSPS) is 11.3. The van der Waals surface area contributed by atoms with Crippen molar-refractivity contribution < 1.29 is 4.74 Å². The molecule has 0 spiro atoms. The maximum absolute atomic E-state index is 6.21.